The molecule has 2 rings (SSSR count). The summed E-state index contributed by atoms with van der Waals surface area (Å²) >= 11 is 0. The van der Waals surface area contributed by atoms with E-state index in [0.717, 1.165) is 45.5 Å². The number of piperidine rings is 1. The van der Waals surface area contributed by atoms with Crippen molar-refractivity contribution >= 4 is 5.91 Å². The number of hydrogen-bond donors (Lipinski definition) is 1. The van der Waals surface area contributed by atoms with E-state index in [1.165, 1.54) is 0 Å². The topological polar surface area (TPSA) is 41.6 Å². The predicted octanol–water partition coefficient (Wildman–Crippen LogP) is 1.01. The summed E-state index contributed by atoms with van der Waals surface area (Å²) in [5.74, 6) is 0.562. The lowest BCUT2D eigenvalue weighted by atomic mass is 9.92. The van der Waals surface area contributed by atoms with Gasteiger partial charge in [-0.15, -0.1) is 0 Å². The van der Waals surface area contributed by atoms with Crippen molar-refractivity contribution in [2.75, 3.05) is 26.2 Å². The van der Waals surface area contributed by atoms with Crippen LogP contribution in [0.3, 0.4) is 0 Å². The number of rotatable bonds is 1. The molecule has 1 amide bonds. The molecule has 2 aliphatic heterocycles. The summed E-state index contributed by atoms with van der Waals surface area (Å²) in [4.78, 5) is 14.5. The number of ether oxygens (including phenoxy) is 1. The van der Waals surface area contributed by atoms with E-state index in [4.69, 9.17) is 4.74 Å². The number of nitrogens with one attached hydrogen (secondary N) is 1. The Hall–Kier alpha value is -0.610. The third-order valence-electron chi connectivity index (χ3n) is 3.74. The van der Waals surface area contributed by atoms with Crippen LogP contribution in [0.25, 0.3) is 0 Å². The van der Waals surface area contributed by atoms with Gasteiger partial charge in [0.05, 0.1) is 6.10 Å². The number of carbonyl (C=O) groups is 1. The van der Waals surface area contributed by atoms with Crippen LogP contribution in [0, 0.1) is 5.92 Å². The molecule has 0 aromatic rings. The van der Waals surface area contributed by atoms with E-state index in [2.05, 4.69) is 19.2 Å². The van der Waals surface area contributed by atoms with Crippen LogP contribution in [-0.4, -0.2) is 49.2 Å². The summed E-state index contributed by atoms with van der Waals surface area (Å²) in [5, 5.41) is 3.40. The molecule has 0 aliphatic carbocycles. The molecule has 1 N–H and O–H groups in total. The first kappa shape index (κ1) is 12.8. The fourth-order valence-electron chi connectivity index (χ4n) is 2.81. The van der Waals surface area contributed by atoms with E-state index < -0.39 is 0 Å². The Morgan fingerprint density at radius 1 is 1.41 bits per heavy atom. The Kier molecular flexibility index (Phi) is 4.40. The summed E-state index contributed by atoms with van der Waals surface area (Å²) < 4.78 is 5.59. The Morgan fingerprint density at radius 2 is 2.24 bits per heavy atom. The molecule has 17 heavy (non-hydrogen) atoms. The van der Waals surface area contributed by atoms with E-state index in [1.54, 1.807) is 0 Å². The lowest BCUT2D eigenvalue weighted by molar-refractivity contribution is -0.137. The average Bonchev–Trinajstić information content (AvgIpc) is 2.53. The van der Waals surface area contributed by atoms with Crippen LogP contribution >= 0.6 is 0 Å². The van der Waals surface area contributed by atoms with E-state index >= 15 is 0 Å². The van der Waals surface area contributed by atoms with Gasteiger partial charge < -0.3 is 15.0 Å². The second-order valence-corrected chi connectivity index (χ2v) is 5.40. The van der Waals surface area contributed by atoms with Crippen molar-refractivity contribution in [1.82, 2.24) is 10.2 Å². The Balaban J connectivity index is 1.93. The first-order chi connectivity index (χ1) is 8.16. The largest absolute Gasteiger partial charge is 0.377 e. The van der Waals surface area contributed by atoms with E-state index in [-0.39, 0.29) is 12.0 Å². The normalized spacial score (nSPS) is 35.4. The van der Waals surface area contributed by atoms with Gasteiger partial charge in [-0.2, -0.15) is 0 Å². The zero-order chi connectivity index (χ0) is 12.3. The van der Waals surface area contributed by atoms with E-state index in [1.807, 2.05) is 4.90 Å². The van der Waals surface area contributed by atoms with Gasteiger partial charge in [-0.25, -0.2) is 0 Å². The predicted molar refractivity (Wildman–Crippen MR) is 66.8 cm³/mol. The number of hydrogen-bond acceptors (Lipinski definition) is 3. The highest BCUT2D eigenvalue weighted by Gasteiger charge is 2.29. The third-order valence-corrected chi connectivity index (χ3v) is 3.74. The minimum Gasteiger partial charge on any atom is -0.377 e. The summed E-state index contributed by atoms with van der Waals surface area (Å²) in [7, 11) is 0. The first-order valence-corrected chi connectivity index (χ1v) is 6.80. The fourth-order valence-corrected chi connectivity index (χ4v) is 2.81. The van der Waals surface area contributed by atoms with Gasteiger partial charge in [0.25, 0.3) is 0 Å². The molecule has 2 heterocycles. The molecule has 0 spiro atoms. The highest BCUT2D eigenvalue weighted by atomic mass is 16.5. The monoisotopic (exact) mass is 240 g/mol. The molecule has 2 aliphatic rings. The van der Waals surface area contributed by atoms with Crippen LogP contribution in [0.1, 0.15) is 33.1 Å². The second-order valence-electron chi connectivity index (χ2n) is 5.40. The van der Waals surface area contributed by atoms with Gasteiger partial charge in [0.15, 0.2) is 0 Å². The number of amides is 1. The maximum Gasteiger partial charge on any atom is 0.225 e. The zero-order valence-corrected chi connectivity index (χ0v) is 10.9. The summed E-state index contributed by atoms with van der Waals surface area (Å²) in [6, 6.07) is 0.471. The van der Waals surface area contributed by atoms with E-state index in [0.29, 0.717) is 11.9 Å². The Bertz CT molecular complexity index is 270. The SMILES string of the molecule is CC1CC(C(=O)N2CCCOC(C)C2)CCN1. The molecule has 2 fully saturated rings. The van der Waals surface area contributed by atoms with Gasteiger partial charge in [0.1, 0.15) is 0 Å². The van der Waals surface area contributed by atoms with Crippen molar-refractivity contribution in [2.45, 2.75) is 45.3 Å². The Morgan fingerprint density at radius 3 is 3.00 bits per heavy atom. The van der Waals surface area contributed by atoms with Gasteiger partial charge in [-0.1, -0.05) is 0 Å². The molecule has 0 aromatic heterocycles. The van der Waals surface area contributed by atoms with Crippen LogP contribution in [0.15, 0.2) is 0 Å². The Labute approximate surface area is 104 Å². The zero-order valence-electron chi connectivity index (χ0n) is 10.9. The number of carbonyl (C=O) groups excluding carboxylic acids is 1. The summed E-state index contributed by atoms with van der Waals surface area (Å²) in [6.07, 6.45) is 3.11. The lowest BCUT2D eigenvalue weighted by Gasteiger charge is -2.32. The molecule has 0 bridgehead atoms. The van der Waals surface area contributed by atoms with Crippen LogP contribution in [-0.2, 0) is 9.53 Å². The van der Waals surface area contributed by atoms with Crippen molar-refractivity contribution in [1.29, 1.82) is 0 Å². The summed E-state index contributed by atoms with van der Waals surface area (Å²) in [5.41, 5.74) is 0. The van der Waals surface area contributed by atoms with Crippen molar-refractivity contribution in [3.63, 3.8) is 0 Å². The van der Waals surface area contributed by atoms with Gasteiger partial charge in [0.2, 0.25) is 5.91 Å². The number of nitrogens with zero attached hydrogens (tertiary/aromatic N) is 1. The molecule has 3 unspecified atom stereocenters. The molecule has 4 heteroatoms. The first-order valence-electron chi connectivity index (χ1n) is 6.80. The highest BCUT2D eigenvalue weighted by Crippen LogP contribution is 2.20. The van der Waals surface area contributed by atoms with Crippen LogP contribution in [0.4, 0.5) is 0 Å². The van der Waals surface area contributed by atoms with Gasteiger partial charge in [-0.3, -0.25) is 4.79 Å². The molecular weight excluding hydrogens is 216 g/mol. The lowest BCUT2D eigenvalue weighted by Crippen LogP contribution is -2.45. The molecule has 0 saturated carbocycles. The molecule has 3 atom stereocenters. The summed E-state index contributed by atoms with van der Waals surface area (Å²) in [6.45, 7) is 7.59. The molecular formula is C13H24N2O2. The van der Waals surface area contributed by atoms with Crippen molar-refractivity contribution in [3.05, 3.63) is 0 Å². The average molecular weight is 240 g/mol. The van der Waals surface area contributed by atoms with Crippen LogP contribution in [0.5, 0.6) is 0 Å². The maximum absolute atomic E-state index is 12.4. The van der Waals surface area contributed by atoms with E-state index in [9.17, 15) is 4.79 Å². The van der Waals surface area contributed by atoms with Gasteiger partial charge in [-0.05, 0) is 39.7 Å². The van der Waals surface area contributed by atoms with Crippen LogP contribution < -0.4 is 5.32 Å². The minimum absolute atomic E-state index is 0.181. The van der Waals surface area contributed by atoms with Crippen molar-refractivity contribution in [3.8, 4) is 0 Å². The molecule has 4 nitrogen and oxygen atoms in total. The van der Waals surface area contributed by atoms with Crippen molar-refractivity contribution in [2.24, 2.45) is 5.92 Å². The van der Waals surface area contributed by atoms with Gasteiger partial charge >= 0.3 is 0 Å². The minimum atomic E-state index is 0.181. The van der Waals surface area contributed by atoms with Crippen LogP contribution in [0.2, 0.25) is 0 Å². The fraction of sp³-hybridized carbons (Fsp3) is 0.923. The standard InChI is InChI=1S/C13H24N2O2/c1-10-8-12(4-5-14-10)13(16)15-6-3-7-17-11(2)9-15/h10-12,14H,3-9H2,1-2H3. The quantitative estimate of drug-likeness (QED) is 0.744. The molecule has 2 saturated heterocycles. The molecule has 98 valence electrons. The second kappa shape index (κ2) is 5.83. The van der Waals surface area contributed by atoms with Crippen molar-refractivity contribution < 1.29 is 9.53 Å². The van der Waals surface area contributed by atoms with Gasteiger partial charge in [0, 0.05) is 31.7 Å². The smallest absolute Gasteiger partial charge is 0.225 e. The highest BCUT2D eigenvalue weighted by molar-refractivity contribution is 5.79. The molecule has 0 aromatic carbocycles. The third kappa shape index (κ3) is 3.42. The maximum atomic E-state index is 12.4. The molecule has 0 radical (unpaired) electrons.